The Hall–Kier alpha value is -3.28. The Balaban J connectivity index is 1.65. The van der Waals surface area contributed by atoms with E-state index in [1.54, 1.807) is 31.2 Å². The molecular weight excluding hydrogens is 320 g/mol. The van der Waals surface area contributed by atoms with Gasteiger partial charge < -0.3 is 20.2 Å². The third-order valence-electron chi connectivity index (χ3n) is 3.77. The first-order chi connectivity index (χ1) is 12.0. The minimum atomic E-state index is -0.544. The normalized spacial score (nSPS) is 11.9. The average Bonchev–Trinajstić information content (AvgIpc) is 3.04. The second kappa shape index (κ2) is 7.09. The highest BCUT2D eigenvalue weighted by Gasteiger charge is 2.19. The van der Waals surface area contributed by atoms with Gasteiger partial charge in [0.1, 0.15) is 17.1 Å². The first kappa shape index (κ1) is 16.6. The number of ether oxygens (including phenoxy) is 1. The molecule has 0 saturated heterocycles. The molecule has 1 unspecified atom stereocenters. The molecule has 1 atom stereocenters. The highest BCUT2D eigenvalue weighted by atomic mass is 16.5. The molecule has 2 aromatic carbocycles. The maximum atomic E-state index is 12.4. The summed E-state index contributed by atoms with van der Waals surface area (Å²) in [5, 5.41) is 3.80. The number of hydrogen-bond acceptors (Lipinski definition) is 4. The predicted octanol–water partition coefficient (Wildman–Crippen LogP) is 3.04. The number of fused-ring (bicyclic) bond motifs is 1. The first-order valence-electron chi connectivity index (χ1n) is 7.83. The van der Waals surface area contributed by atoms with Crippen molar-refractivity contribution in [2.45, 2.75) is 12.8 Å². The lowest BCUT2D eigenvalue weighted by molar-refractivity contribution is -0.120. The van der Waals surface area contributed by atoms with Crippen molar-refractivity contribution < 1.29 is 18.7 Å². The maximum absolute atomic E-state index is 12.4. The van der Waals surface area contributed by atoms with Gasteiger partial charge in [0.2, 0.25) is 5.91 Å². The van der Waals surface area contributed by atoms with Crippen LogP contribution in [0.2, 0.25) is 0 Å². The fraction of sp³-hybridized carbons (Fsp3) is 0.158. The lowest BCUT2D eigenvalue weighted by atomic mass is 10.1. The Kier molecular flexibility index (Phi) is 4.70. The van der Waals surface area contributed by atoms with Crippen molar-refractivity contribution in [3.8, 4) is 5.75 Å². The van der Waals surface area contributed by atoms with Gasteiger partial charge >= 0.3 is 0 Å². The molecule has 0 spiro atoms. The quantitative estimate of drug-likeness (QED) is 0.722. The predicted molar refractivity (Wildman–Crippen MR) is 94.4 cm³/mol. The minimum absolute atomic E-state index is 0.176. The number of carbonyl (C=O) groups excluding carboxylic acids is 2. The third-order valence-corrected chi connectivity index (χ3v) is 3.77. The number of furan rings is 1. The van der Waals surface area contributed by atoms with Crippen LogP contribution in [0, 0.1) is 0 Å². The monoisotopic (exact) mass is 338 g/mol. The van der Waals surface area contributed by atoms with Crippen molar-refractivity contribution in [3.05, 3.63) is 60.4 Å². The van der Waals surface area contributed by atoms with Crippen LogP contribution in [-0.2, 0) is 9.59 Å². The van der Waals surface area contributed by atoms with Crippen molar-refractivity contribution in [3.63, 3.8) is 0 Å². The number of benzene rings is 2. The fourth-order valence-electron chi connectivity index (χ4n) is 2.38. The molecular formula is C19H18N2O4. The summed E-state index contributed by atoms with van der Waals surface area (Å²) in [5.74, 6) is -0.0395. The summed E-state index contributed by atoms with van der Waals surface area (Å²) in [4.78, 5) is 23.1. The lowest BCUT2D eigenvalue weighted by Crippen LogP contribution is -2.20. The highest BCUT2D eigenvalue weighted by Crippen LogP contribution is 2.26. The Labute approximate surface area is 144 Å². The molecule has 2 amide bonds. The molecule has 6 heteroatoms. The smallest absolute Gasteiger partial charge is 0.255 e. The number of rotatable bonds is 6. The third kappa shape index (κ3) is 3.98. The summed E-state index contributed by atoms with van der Waals surface area (Å²) in [6, 6.07) is 16.2. The molecule has 3 N–H and O–H groups in total. The molecule has 1 heterocycles. The zero-order chi connectivity index (χ0) is 17.8. The largest absolute Gasteiger partial charge is 0.484 e. The number of primary amides is 1. The van der Waals surface area contributed by atoms with Crippen molar-refractivity contribution in [2.24, 2.45) is 5.73 Å². The summed E-state index contributed by atoms with van der Waals surface area (Å²) in [5.41, 5.74) is 6.40. The standard InChI is InChI=1S/C19H18N2O4/c1-12(17-10-13-4-2-3-5-16(13)25-17)19(23)21-14-6-8-15(9-7-14)24-11-18(20)22/h2-10,12H,11H2,1H3,(H2,20,22)(H,21,23). The number of nitrogens with two attached hydrogens (primary N) is 1. The number of carbonyl (C=O) groups is 2. The topological polar surface area (TPSA) is 94.6 Å². The number of para-hydroxylation sites is 1. The van der Waals surface area contributed by atoms with E-state index >= 15 is 0 Å². The zero-order valence-corrected chi connectivity index (χ0v) is 13.7. The van der Waals surface area contributed by atoms with Gasteiger partial charge in [-0.05, 0) is 43.3 Å². The van der Waals surface area contributed by atoms with Gasteiger partial charge in [0.25, 0.3) is 5.91 Å². The van der Waals surface area contributed by atoms with Gasteiger partial charge in [-0.15, -0.1) is 0 Å². The van der Waals surface area contributed by atoms with Gasteiger partial charge in [-0.1, -0.05) is 18.2 Å². The molecule has 0 saturated carbocycles. The molecule has 0 radical (unpaired) electrons. The maximum Gasteiger partial charge on any atom is 0.255 e. The lowest BCUT2D eigenvalue weighted by Gasteiger charge is -2.10. The van der Waals surface area contributed by atoms with Gasteiger partial charge in [0, 0.05) is 11.1 Å². The molecule has 0 aliphatic carbocycles. The van der Waals surface area contributed by atoms with Gasteiger partial charge in [-0.25, -0.2) is 0 Å². The minimum Gasteiger partial charge on any atom is -0.484 e. The Morgan fingerprint density at radius 1 is 1.16 bits per heavy atom. The molecule has 3 aromatic rings. The van der Waals surface area contributed by atoms with Crippen molar-refractivity contribution >= 4 is 28.5 Å². The van der Waals surface area contributed by atoms with Crippen LogP contribution in [-0.4, -0.2) is 18.4 Å². The van der Waals surface area contributed by atoms with Crippen LogP contribution < -0.4 is 15.8 Å². The Morgan fingerprint density at radius 2 is 1.88 bits per heavy atom. The number of amides is 2. The van der Waals surface area contributed by atoms with Crippen LogP contribution in [0.15, 0.2) is 59.0 Å². The molecule has 1 aromatic heterocycles. The number of nitrogens with one attached hydrogen (secondary N) is 1. The zero-order valence-electron chi connectivity index (χ0n) is 13.7. The van der Waals surface area contributed by atoms with E-state index in [4.69, 9.17) is 14.9 Å². The molecule has 3 rings (SSSR count). The van der Waals surface area contributed by atoms with Gasteiger partial charge in [-0.3, -0.25) is 9.59 Å². The van der Waals surface area contributed by atoms with Crippen molar-refractivity contribution in [1.29, 1.82) is 0 Å². The highest BCUT2D eigenvalue weighted by molar-refractivity contribution is 5.96. The van der Waals surface area contributed by atoms with Crippen LogP contribution >= 0.6 is 0 Å². The fourth-order valence-corrected chi connectivity index (χ4v) is 2.38. The van der Waals surface area contributed by atoms with Crippen molar-refractivity contribution in [2.75, 3.05) is 11.9 Å². The van der Waals surface area contributed by atoms with Crippen LogP contribution in [0.25, 0.3) is 11.0 Å². The van der Waals surface area contributed by atoms with Crippen LogP contribution in [0.3, 0.4) is 0 Å². The summed E-state index contributed by atoms with van der Waals surface area (Å²) < 4.78 is 10.9. The SMILES string of the molecule is CC(C(=O)Nc1ccc(OCC(N)=O)cc1)c1cc2ccccc2o1. The van der Waals surface area contributed by atoms with Gasteiger partial charge in [-0.2, -0.15) is 0 Å². The molecule has 6 nitrogen and oxygen atoms in total. The second-order valence-corrected chi connectivity index (χ2v) is 5.68. The van der Waals surface area contributed by atoms with Crippen molar-refractivity contribution in [1.82, 2.24) is 0 Å². The average molecular weight is 338 g/mol. The first-order valence-corrected chi connectivity index (χ1v) is 7.83. The van der Waals surface area contributed by atoms with Gasteiger partial charge in [0.05, 0.1) is 5.92 Å². The van der Waals surface area contributed by atoms with E-state index in [0.29, 0.717) is 17.2 Å². The van der Waals surface area contributed by atoms with E-state index in [-0.39, 0.29) is 12.5 Å². The van der Waals surface area contributed by atoms with E-state index in [9.17, 15) is 9.59 Å². The molecule has 0 bridgehead atoms. The van der Waals surface area contributed by atoms with E-state index in [1.165, 1.54) is 0 Å². The van der Waals surface area contributed by atoms with E-state index < -0.39 is 11.8 Å². The van der Waals surface area contributed by atoms with E-state index in [0.717, 1.165) is 11.0 Å². The van der Waals surface area contributed by atoms with Crippen LogP contribution in [0.4, 0.5) is 5.69 Å². The molecule has 0 aliphatic heterocycles. The van der Waals surface area contributed by atoms with Crippen LogP contribution in [0.5, 0.6) is 5.75 Å². The molecule has 0 aliphatic rings. The Bertz CT molecular complexity index is 866. The molecule has 25 heavy (non-hydrogen) atoms. The summed E-state index contributed by atoms with van der Waals surface area (Å²) in [6.07, 6.45) is 0. The summed E-state index contributed by atoms with van der Waals surface area (Å²) in [7, 11) is 0. The Morgan fingerprint density at radius 3 is 2.56 bits per heavy atom. The molecule has 128 valence electrons. The summed E-state index contributed by atoms with van der Waals surface area (Å²) in [6.45, 7) is 1.60. The van der Waals surface area contributed by atoms with Crippen LogP contribution in [0.1, 0.15) is 18.6 Å². The summed E-state index contributed by atoms with van der Waals surface area (Å²) >= 11 is 0. The van der Waals surface area contributed by atoms with E-state index in [2.05, 4.69) is 5.32 Å². The van der Waals surface area contributed by atoms with Gasteiger partial charge in [0.15, 0.2) is 6.61 Å². The second-order valence-electron chi connectivity index (χ2n) is 5.68. The number of anilines is 1. The molecule has 0 fully saturated rings. The van der Waals surface area contributed by atoms with E-state index in [1.807, 2.05) is 30.3 Å². The number of hydrogen-bond donors (Lipinski definition) is 2.